The van der Waals surface area contributed by atoms with Gasteiger partial charge in [-0.15, -0.1) is 0 Å². The highest BCUT2D eigenvalue weighted by molar-refractivity contribution is 9.09. The zero-order chi connectivity index (χ0) is 15.5. The van der Waals surface area contributed by atoms with Gasteiger partial charge in [-0.05, 0) is 18.2 Å². The van der Waals surface area contributed by atoms with E-state index >= 15 is 0 Å². The van der Waals surface area contributed by atoms with Crippen molar-refractivity contribution >= 4 is 21.6 Å². The zero-order valence-corrected chi connectivity index (χ0v) is 12.9. The first-order valence-electron chi connectivity index (χ1n) is 6.60. The Kier molecular flexibility index (Phi) is 5.12. The summed E-state index contributed by atoms with van der Waals surface area (Å²) in [4.78, 5) is 4.20. The van der Waals surface area contributed by atoms with Crippen LogP contribution in [0.1, 0.15) is 11.1 Å². The van der Waals surface area contributed by atoms with Gasteiger partial charge in [-0.2, -0.15) is 18.4 Å². The summed E-state index contributed by atoms with van der Waals surface area (Å²) in [5.41, 5.74) is -0.658. The minimum Gasteiger partial charge on any atom is -0.369 e. The first-order chi connectivity index (χ1) is 9.95. The van der Waals surface area contributed by atoms with E-state index in [1.54, 1.807) is 12.1 Å². The van der Waals surface area contributed by atoms with Gasteiger partial charge in [0.1, 0.15) is 0 Å². The summed E-state index contributed by atoms with van der Waals surface area (Å²) in [5.74, 6) is 0. The van der Waals surface area contributed by atoms with Crippen LogP contribution in [0, 0.1) is 11.3 Å². The molecule has 1 saturated heterocycles. The maximum Gasteiger partial charge on any atom is 0.417 e. The van der Waals surface area contributed by atoms with E-state index in [9.17, 15) is 13.2 Å². The maximum absolute atomic E-state index is 13.0. The first-order valence-corrected chi connectivity index (χ1v) is 7.72. The number of benzene rings is 1. The van der Waals surface area contributed by atoms with Crippen molar-refractivity contribution in [2.75, 3.05) is 43.0 Å². The summed E-state index contributed by atoms with van der Waals surface area (Å²) >= 11 is 3.38. The van der Waals surface area contributed by atoms with Crippen LogP contribution >= 0.6 is 15.9 Å². The number of piperazine rings is 1. The third-order valence-electron chi connectivity index (χ3n) is 3.57. The molecule has 114 valence electrons. The quantitative estimate of drug-likeness (QED) is 0.775. The molecule has 0 aliphatic carbocycles. The molecule has 2 rings (SSSR count). The lowest BCUT2D eigenvalue weighted by Crippen LogP contribution is -2.47. The lowest BCUT2D eigenvalue weighted by molar-refractivity contribution is -0.137. The minimum absolute atomic E-state index is 0.329. The fourth-order valence-electron chi connectivity index (χ4n) is 2.41. The Balaban J connectivity index is 2.17. The van der Waals surface area contributed by atoms with Gasteiger partial charge < -0.3 is 4.90 Å². The van der Waals surface area contributed by atoms with Gasteiger partial charge >= 0.3 is 6.18 Å². The van der Waals surface area contributed by atoms with Gasteiger partial charge in [0.25, 0.3) is 0 Å². The molecule has 1 fully saturated rings. The predicted molar refractivity (Wildman–Crippen MR) is 78.6 cm³/mol. The monoisotopic (exact) mass is 361 g/mol. The van der Waals surface area contributed by atoms with Crippen molar-refractivity contribution in [3.05, 3.63) is 29.3 Å². The molecule has 1 aromatic carbocycles. The molecule has 0 bridgehead atoms. The third-order valence-corrected chi connectivity index (χ3v) is 3.92. The van der Waals surface area contributed by atoms with Crippen LogP contribution < -0.4 is 4.90 Å². The summed E-state index contributed by atoms with van der Waals surface area (Å²) in [6, 6.07) is 5.53. The smallest absolute Gasteiger partial charge is 0.369 e. The van der Waals surface area contributed by atoms with E-state index in [1.165, 1.54) is 6.07 Å². The first kappa shape index (κ1) is 16.1. The Morgan fingerprint density at radius 3 is 2.38 bits per heavy atom. The Morgan fingerprint density at radius 2 is 1.86 bits per heavy atom. The molecule has 7 heteroatoms. The van der Waals surface area contributed by atoms with Gasteiger partial charge in [-0.1, -0.05) is 15.9 Å². The van der Waals surface area contributed by atoms with Crippen LogP contribution in [0.15, 0.2) is 18.2 Å². The van der Waals surface area contributed by atoms with Gasteiger partial charge in [0.15, 0.2) is 0 Å². The van der Waals surface area contributed by atoms with Gasteiger partial charge in [0, 0.05) is 43.7 Å². The number of hydrogen-bond donors (Lipinski definition) is 0. The summed E-state index contributed by atoms with van der Waals surface area (Å²) in [7, 11) is 0. The predicted octanol–water partition coefficient (Wildman–Crippen LogP) is 3.09. The number of anilines is 1. The molecule has 0 radical (unpaired) electrons. The van der Waals surface area contributed by atoms with Crippen LogP contribution in [0.2, 0.25) is 0 Å². The Hall–Kier alpha value is -1.26. The molecule has 3 nitrogen and oxygen atoms in total. The molecule has 0 saturated carbocycles. The van der Waals surface area contributed by atoms with Crippen LogP contribution in [-0.2, 0) is 6.18 Å². The highest BCUT2D eigenvalue weighted by Gasteiger charge is 2.34. The van der Waals surface area contributed by atoms with E-state index in [2.05, 4.69) is 20.8 Å². The second-order valence-corrected chi connectivity index (χ2v) is 5.65. The average molecular weight is 362 g/mol. The summed E-state index contributed by atoms with van der Waals surface area (Å²) in [6.07, 6.45) is -4.50. The Labute approximate surface area is 130 Å². The number of nitrogens with zero attached hydrogens (tertiary/aromatic N) is 3. The third kappa shape index (κ3) is 3.89. The van der Waals surface area contributed by atoms with Gasteiger partial charge in [0.05, 0.1) is 17.2 Å². The van der Waals surface area contributed by atoms with Gasteiger partial charge in [0.2, 0.25) is 0 Å². The molecule has 1 heterocycles. The summed E-state index contributed by atoms with van der Waals surface area (Å²) < 4.78 is 38.9. The number of halogens is 4. The van der Waals surface area contributed by atoms with Crippen molar-refractivity contribution in [1.29, 1.82) is 5.26 Å². The number of hydrogen-bond acceptors (Lipinski definition) is 3. The molecule has 0 unspecified atom stereocenters. The number of alkyl halides is 4. The van der Waals surface area contributed by atoms with E-state index in [1.807, 2.05) is 4.90 Å². The van der Waals surface area contributed by atoms with Crippen molar-refractivity contribution in [1.82, 2.24) is 4.90 Å². The Bertz CT molecular complexity index is 531. The minimum atomic E-state index is -4.50. The van der Waals surface area contributed by atoms with E-state index in [-0.39, 0.29) is 5.56 Å². The van der Waals surface area contributed by atoms with Crippen LogP contribution in [0.25, 0.3) is 0 Å². The molecule has 0 N–H and O–H groups in total. The fraction of sp³-hybridized carbons (Fsp3) is 0.500. The summed E-state index contributed by atoms with van der Waals surface area (Å²) in [6.45, 7) is 3.97. The van der Waals surface area contributed by atoms with Gasteiger partial charge in [-0.25, -0.2) is 0 Å². The van der Waals surface area contributed by atoms with Crippen molar-refractivity contribution in [2.45, 2.75) is 6.18 Å². The highest BCUT2D eigenvalue weighted by Crippen LogP contribution is 2.34. The molecule has 21 heavy (non-hydrogen) atoms. The van der Waals surface area contributed by atoms with Crippen LogP contribution in [0.3, 0.4) is 0 Å². The second-order valence-electron chi connectivity index (χ2n) is 4.86. The lowest BCUT2D eigenvalue weighted by Gasteiger charge is -2.36. The van der Waals surface area contributed by atoms with Gasteiger partial charge in [-0.3, -0.25) is 4.90 Å². The van der Waals surface area contributed by atoms with E-state index < -0.39 is 11.7 Å². The molecular formula is C14H15BrF3N3. The van der Waals surface area contributed by atoms with Crippen LogP contribution in [0.4, 0.5) is 18.9 Å². The molecule has 0 amide bonds. The molecule has 0 spiro atoms. The number of rotatable bonds is 3. The lowest BCUT2D eigenvalue weighted by atomic mass is 10.1. The summed E-state index contributed by atoms with van der Waals surface area (Å²) in [5, 5.41) is 9.69. The van der Waals surface area contributed by atoms with Crippen molar-refractivity contribution in [3.8, 4) is 6.07 Å². The SMILES string of the molecule is N#Cc1ccc(N2CCN(CCBr)CC2)cc1C(F)(F)F. The van der Waals surface area contributed by atoms with Crippen molar-refractivity contribution in [2.24, 2.45) is 0 Å². The zero-order valence-electron chi connectivity index (χ0n) is 11.3. The normalized spacial score (nSPS) is 16.8. The highest BCUT2D eigenvalue weighted by atomic mass is 79.9. The molecule has 0 aromatic heterocycles. The topological polar surface area (TPSA) is 30.3 Å². The molecule has 0 atom stereocenters. The second kappa shape index (κ2) is 6.67. The van der Waals surface area contributed by atoms with E-state index in [4.69, 9.17) is 5.26 Å². The Morgan fingerprint density at radius 1 is 1.19 bits per heavy atom. The molecule has 1 aliphatic rings. The molecular weight excluding hydrogens is 347 g/mol. The fourth-order valence-corrected chi connectivity index (χ4v) is 2.91. The number of nitriles is 1. The van der Waals surface area contributed by atoms with Crippen molar-refractivity contribution < 1.29 is 13.2 Å². The largest absolute Gasteiger partial charge is 0.417 e. The van der Waals surface area contributed by atoms with Crippen LogP contribution in [0.5, 0.6) is 0 Å². The van der Waals surface area contributed by atoms with Crippen LogP contribution in [-0.4, -0.2) is 43.0 Å². The van der Waals surface area contributed by atoms with E-state index in [0.29, 0.717) is 18.8 Å². The molecule has 1 aromatic rings. The maximum atomic E-state index is 13.0. The van der Waals surface area contributed by atoms with E-state index in [0.717, 1.165) is 31.0 Å². The standard InChI is InChI=1S/C14H15BrF3N3/c15-3-4-20-5-7-21(8-6-20)12-2-1-11(10-19)13(9-12)14(16,17)18/h1-2,9H,3-8H2. The molecule has 1 aliphatic heterocycles. The van der Waals surface area contributed by atoms with Crippen molar-refractivity contribution in [3.63, 3.8) is 0 Å². The average Bonchev–Trinajstić information content (AvgIpc) is 2.47.